The Morgan fingerprint density at radius 1 is 1.31 bits per heavy atom. The van der Waals surface area contributed by atoms with Gasteiger partial charge in [0.05, 0.1) is 16.4 Å². The molecule has 0 aromatic carbocycles. The number of carbonyl (C=O) groups excluding carboxylic acids is 1. The first kappa shape index (κ1) is 20.6. The maximum Gasteiger partial charge on any atom is 0.251 e. The fourth-order valence-corrected chi connectivity index (χ4v) is 5.55. The number of hydrogen-bond acceptors (Lipinski definition) is 6. The molecule has 0 saturated carbocycles. The number of sulfone groups is 1. The minimum atomic E-state index is -3.74. The Morgan fingerprint density at radius 3 is 2.46 bits per heavy atom. The van der Waals surface area contributed by atoms with Crippen molar-refractivity contribution in [1.82, 2.24) is 13.8 Å². The molecule has 11 heteroatoms. The smallest absolute Gasteiger partial charge is 0.251 e. The minimum absolute atomic E-state index is 0.0396. The van der Waals surface area contributed by atoms with Crippen LogP contribution in [0.5, 0.6) is 0 Å². The monoisotopic (exact) mass is 405 g/mol. The Hall–Kier alpha value is -1.72. The van der Waals surface area contributed by atoms with Crippen molar-refractivity contribution in [3.8, 4) is 0 Å². The van der Waals surface area contributed by atoms with Crippen molar-refractivity contribution < 1.29 is 21.6 Å². The zero-order valence-corrected chi connectivity index (χ0v) is 16.6. The summed E-state index contributed by atoms with van der Waals surface area (Å²) in [6.07, 6.45) is 1.50. The fourth-order valence-electron chi connectivity index (χ4n) is 2.89. The number of nitrogens with zero attached hydrogens (tertiary/aromatic N) is 3. The van der Waals surface area contributed by atoms with Crippen molar-refractivity contribution in [3.63, 3.8) is 0 Å². The summed E-state index contributed by atoms with van der Waals surface area (Å²) in [7, 11) is -4.15. The summed E-state index contributed by atoms with van der Waals surface area (Å²) in [5, 5.41) is 0. The van der Waals surface area contributed by atoms with E-state index in [0.29, 0.717) is 13.0 Å². The van der Waals surface area contributed by atoms with Gasteiger partial charge in [-0.3, -0.25) is 9.59 Å². The molecule has 1 aliphatic rings. The third kappa shape index (κ3) is 4.33. The number of amides is 1. The van der Waals surface area contributed by atoms with E-state index in [2.05, 4.69) is 0 Å². The summed E-state index contributed by atoms with van der Waals surface area (Å²) < 4.78 is 49.7. The molecule has 1 aromatic heterocycles. The van der Waals surface area contributed by atoms with E-state index in [1.165, 1.54) is 25.1 Å². The first-order valence-electron chi connectivity index (χ1n) is 8.11. The number of carbonyl (C=O) groups is 1. The quantitative estimate of drug-likeness (QED) is 0.608. The highest BCUT2D eigenvalue weighted by atomic mass is 32.2. The molecule has 1 aromatic rings. The Balaban J connectivity index is 2.27. The number of sulfonamides is 1. The Bertz CT molecular complexity index is 950. The molecule has 0 bridgehead atoms. The molecule has 1 aliphatic heterocycles. The van der Waals surface area contributed by atoms with Crippen LogP contribution in [0.1, 0.15) is 13.3 Å². The van der Waals surface area contributed by atoms with Crippen molar-refractivity contribution in [2.24, 2.45) is 0 Å². The zero-order chi connectivity index (χ0) is 19.7. The van der Waals surface area contributed by atoms with E-state index in [1.807, 2.05) is 0 Å². The van der Waals surface area contributed by atoms with Crippen molar-refractivity contribution in [2.75, 3.05) is 32.1 Å². The van der Waals surface area contributed by atoms with Crippen LogP contribution in [-0.2, 0) is 31.2 Å². The van der Waals surface area contributed by atoms with Gasteiger partial charge in [-0.25, -0.2) is 21.1 Å². The summed E-state index contributed by atoms with van der Waals surface area (Å²) >= 11 is 0. The molecule has 0 spiro atoms. The van der Waals surface area contributed by atoms with Crippen LogP contribution in [0.3, 0.4) is 0 Å². The van der Waals surface area contributed by atoms with E-state index in [9.17, 15) is 26.4 Å². The number of likely N-dealkylation sites (N-methyl/N-ethyl adjacent to an activating group) is 1. The molecule has 26 heavy (non-hydrogen) atoms. The second kappa shape index (κ2) is 7.49. The summed E-state index contributed by atoms with van der Waals surface area (Å²) in [6.45, 7) is 1.70. The second-order valence-electron chi connectivity index (χ2n) is 6.35. The van der Waals surface area contributed by atoms with Gasteiger partial charge in [0.2, 0.25) is 15.9 Å². The lowest BCUT2D eigenvalue weighted by atomic mass is 10.2. The lowest BCUT2D eigenvalue weighted by molar-refractivity contribution is -0.133. The molecular formula is C15H23N3O6S2. The molecular weight excluding hydrogens is 382 g/mol. The first-order chi connectivity index (χ1) is 12.0. The van der Waals surface area contributed by atoms with Crippen molar-refractivity contribution in [2.45, 2.75) is 30.8 Å². The highest BCUT2D eigenvalue weighted by Crippen LogP contribution is 2.18. The SMILES string of the molecule is CCN(C(=O)Cn1cc(S(=O)(=O)N(C)C)ccc1=O)C1CCS(=O)(=O)C1. The summed E-state index contributed by atoms with van der Waals surface area (Å²) in [4.78, 5) is 26.0. The predicted octanol–water partition coefficient (Wildman–Crippen LogP) is -0.866. The van der Waals surface area contributed by atoms with Gasteiger partial charge in [-0.05, 0) is 19.4 Å². The van der Waals surface area contributed by atoms with E-state index >= 15 is 0 Å². The maximum absolute atomic E-state index is 12.6. The largest absolute Gasteiger partial charge is 0.337 e. The molecule has 1 amide bonds. The van der Waals surface area contributed by atoms with Crippen molar-refractivity contribution in [1.29, 1.82) is 0 Å². The Morgan fingerprint density at radius 2 is 1.96 bits per heavy atom. The van der Waals surface area contributed by atoms with Crippen LogP contribution in [0.2, 0.25) is 0 Å². The van der Waals surface area contributed by atoms with E-state index in [-0.39, 0.29) is 22.9 Å². The normalized spacial score (nSPS) is 19.6. The Kier molecular flexibility index (Phi) is 5.93. The van der Waals surface area contributed by atoms with Gasteiger partial charge in [0.25, 0.3) is 5.56 Å². The van der Waals surface area contributed by atoms with Crippen LogP contribution in [0.15, 0.2) is 28.0 Å². The molecule has 1 unspecified atom stereocenters. The summed E-state index contributed by atoms with van der Waals surface area (Å²) in [5.41, 5.74) is -0.508. The maximum atomic E-state index is 12.6. The van der Waals surface area contributed by atoms with Gasteiger partial charge >= 0.3 is 0 Å². The molecule has 0 aliphatic carbocycles. The van der Waals surface area contributed by atoms with Crippen LogP contribution in [0.4, 0.5) is 0 Å². The number of pyridine rings is 1. The van der Waals surface area contributed by atoms with E-state index < -0.39 is 37.4 Å². The van der Waals surface area contributed by atoms with Crippen LogP contribution < -0.4 is 5.56 Å². The van der Waals surface area contributed by atoms with E-state index in [4.69, 9.17) is 0 Å². The van der Waals surface area contributed by atoms with Crippen molar-refractivity contribution in [3.05, 3.63) is 28.7 Å². The molecule has 0 N–H and O–H groups in total. The number of rotatable bonds is 6. The highest BCUT2D eigenvalue weighted by molar-refractivity contribution is 7.91. The van der Waals surface area contributed by atoms with Crippen LogP contribution in [0.25, 0.3) is 0 Å². The van der Waals surface area contributed by atoms with Crippen LogP contribution >= 0.6 is 0 Å². The van der Waals surface area contributed by atoms with Gasteiger partial charge < -0.3 is 9.47 Å². The fraction of sp³-hybridized carbons (Fsp3) is 0.600. The third-order valence-corrected chi connectivity index (χ3v) is 7.90. The second-order valence-corrected chi connectivity index (χ2v) is 10.7. The van der Waals surface area contributed by atoms with Gasteiger partial charge in [-0.2, -0.15) is 0 Å². The molecule has 9 nitrogen and oxygen atoms in total. The third-order valence-electron chi connectivity index (χ3n) is 4.35. The molecule has 2 rings (SSSR count). The number of aromatic nitrogens is 1. The van der Waals surface area contributed by atoms with Crippen LogP contribution in [0, 0.1) is 0 Å². The topological polar surface area (TPSA) is 114 Å². The molecule has 0 radical (unpaired) electrons. The van der Waals surface area contributed by atoms with Crippen molar-refractivity contribution >= 4 is 25.8 Å². The standard InChI is InChI=1S/C15H23N3O6S2/c1-4-18(12-7-8-25(21,22)11-12)15(20)10-17-9-13(5-6-14(17)19)26(23,24)16(2)3/h5-6,9,12H,4,7-8,10-11H2,1-3H3. The number of hydrogen-bond donors (Lipinski definition) is 0. The molecule has 1 atom stereocenters. The van der Waals surface area contributed by atoms with E-state index in [1.54, 1.807) is 6.92 Å². The average Bonchev–Trinajstić information content (AvgIpc) is 2.89. The molecule has 1 fully saturated rings. The highest BCUT2D eigenvalue weighted by Gasteiger charge is 2.34. The first-order valence-corrected chi connectivity index (χ1v) is 11.4. The average molecular weight is 405 g/mol. The molecule has 2 heterocycles. The summed E-state index contributed by atoms with van der Waals surface area (Å²) in [6, 6.07) is 1.88. The lowest BCUT2D eigenvalue weighted by Crippen LogP contribution is -2.43. The van der Waals surface area contributed by atoms with Gasteiger partial charge in [0, 0.05) is 38.9 Å². The summed E-state index contributed by atoms with van der Waals surface area (Å²) in [5.74, 6) is -0.467. The van der Waals surface area contributed by atoms with Crippen LogP contribution in [-0.4, -0.2) is 74.7 Å². The van der Waals surface area contributed by atoms with Gasteiger partial charge in [0.1, 0.15) is 6.54 Å². The van der Waals surface area contributed by atoms with Gasteiger partial charge in [-0.15, -0.1) is 0 Å². The molecule has 146 valence electrons. The zero-order valence-electron chi connectivity index (χ0n) is 15.0. The predicted molar refractivity (Wildman–Crippen MR) is 96.0 cm³/mol. The minimum Gasteiger partial charge on any atom is -0.337 e. The molecule has 1 saturated heterocycles. The lowest BCUT2D eigenvalue weighted by Gasteiger charge is -2.27. The van der Waals surface area contributed by atoms with E-state index in [0.717, 1.165) is 21.1 Å². The van der Waals surface area contributed by atoms with Gasteiger partial charge in [-0.1, -0.05) is 0 Å². The Labute approximate surface area is 153 Å². The van der Waals surface area contributed by atoms with Gasteiger partial charge in [0.15, 0.2) is 9.84 Å².